The van der Waals surface area contributed by atoms with E-state index in [0.717, 1.165) is 32.4 Å². The van der Waals surface area contributed by atoms with Gasteiger partial charge in [-0.25, -0.2) is 0 Å². The molecule has 1 saturated carbocycles. The van der Waals surface area contributed by atoms with E-state index in [4.69, 9.17) is 5.11 Å². The van der Waals surface area contributed by atoms with Crippen LogP contribution in [0.4, 0.5) is 5.69 Å². The van der Waals surface area contributed by atoms with Crippen molar-refractivity contribution in [1.82, 2.24) is 10.3 Å². The lowest BCUT2D eigenvalue weighted by Crippen LogP contribution is -2.31. The van der Waals surface area contributed by atoms with Crippen LogP contribution in [0.1, 0.15) is 25.0 Å². The molecule has 1 atom stereocenters. The van der Waals surface area contributed by atoms with Gasteiger partial charge in [-0.1, -0.05) is 0 Å². The normalized spacial score (nSPS) is 22.8. The third-order valence-electron chi connectivity index (χ3n) is 4.53. The highest BCUT2D eigenvalue weighted by molar-refractivity contribution is 5.95. The number of aromatic nitrogens is 1. The predicted octanol–water partition coefficient (Wildman–Crippen LogP) is 1.04. The topological polar surface area (TPSA) is 91.3 Å². The lowest BCUT2D eigenvalue weighted by Gasteiger charge is -2.23. The SMILES string of the molecule is O=C(O)Cc1ccc(NC(=O)C2CC23CCNCC3)cn1. The van der Waals surface area contributed by atoms with Crippen molar-refractivity contribution in [2.45, 2.75) is 25.7 Å². The highest BCUT2D eigenvalue weighted by atomic mass is 16.4. The van der Waals surface area contributed by atoms with Gasteiger partial charge in [0.2, 0.25) is 5.91 Å². The maximum atomic E-state index is 12.3. The molecule has 112 valence electrons. The number of nitrogens with one attached hydrogen (secondary N) is 2. The van der Waals surface area contributed by atoms with Gasteiger partial charge in [-0.3, -0.25) is 14.6 Å². The Morgan fingerprint density at radius 3 is 2.76 bits per heavy atom. The van der Waals surface area contributed by atoms with E-state index in [2.05, 4.69) is 15.6 Å². The first kappa shape index (κ1) is 14.0. The van der Waals surface area contributed by atoms with Gasteiger partial charge in [0.15, 0.2) is 0 Å². The number of hydrogen-bond donors (Lipinski definition) is 3. The predicted molar refractivity (Wildman–Crippen MR) is 76.9 cm³/mol. The Kier molecular flexibility index (Phi) is 3.63. The minimum Gasteiger partial charge on any atom is -0.481 e. The van der Waals surface area contributed by atoms with Crippen LogP contribution < -0.4 is 10.6 Å². The Bertz CT molecular complexity index is 550. The van der Waals surface area contributed by atoms with E-state index in [0.29, 0.717) is 11.4 Å². The molecular weight excluding hydrogens is 270 g/mol. The van der Waals surface area contributed by atoms with Crippen molar-refractivity contribution in [2.24, 2.45) is 11.3 Å². The molecule has 1 aromatic heterocycles. The van der Waals surface area contributed by atoms with Gasteiger partial charge >= 0.3 is 5.97 Å². The minimum absolute atomic E-state index is 0.0599. The van der Waals surface area contributed by atoms with Crippen LogP contribution in [0.25, 0.3) is 0 Å². The van der Waals surface area contributed by atoms with Crippen LogP contribution in [0.5, 0.6) is 0 Å². The van der Waals surface area contributed by atoms with Crippen LogP contribution >= 0.6 is 0 Å². The molecule has 6 nitrogen and oxygen atoms in total. The highest BCUT2D eigenvalue weighted by Gasteiger charge is 2.57. The maximum absolute atomic E-state index is 12.3. The number of rotatable bonds is 4. The van der Waals surface area contributed by atoms with E-state index in [1.807, 2.05) is 0 Å². The van der Waals surface area contributed by atoms with Crippen LogP contribution in [0, 0.1) is 11.3 Å². The van der Waals surface area contributed by atoms with Gasteiger partial charge in [-0.15, -0.1) is 0 Å². The van der Waals surface area contributed by atoms with E-state index in [9.17, 15) is 9.59 Å². The molecule has 0 radical (unpaired) electrons. The molecule has 3 N–H and O–H groups in total. The monoisotopic (exact) mass is 289 g/mol. The summed E-state index contributed by atoms with van der Waals surface area (Å²) in [6.07, 6.45) is 4.54. The lowest BCUT2D eigenvalue weighted by molar-refractivity contribution is -0.136. The number of hydrogen-bond acceptors (Lipinski definition) is 4. The number of carbonyl (C=O) groups excluding carboxylic acids is 1. The molecule has 2 heterocycles. The quantitative estimate of drug-likeness (QED) is 0.770. The number of aliphatic carboxylic acids is 1. The number of anilines is 1. The molecule has 1 aliphatic heterocycles. The second-order valence-electron chi connectivity index (χ2n) is 5.97. The Morgan fingerprint density at radius 1 is 1.38 bits per heavy atom. The van der Waals surface area contributed by atoms with E-state index >= 15 is 0 Å². The fraction of sp³-hybridized carbons (Fsp3) is 0.533. The third-order valence-corrected chi connectivity index (χ3v) is 4.53. The summed E-state index contributed by atoms with van der Waals surface area (Å²) in [5.74, 6) is -0.743. The molecule has 1 aromatic rings. The van der Waals surface area contributed by atoms with Crippen molar-refractivity contribution < 1.29 is 14.7 Å². The lowest BCUT2D eigenvalue weighted by atomic mass is 9.92. The largest absolute Gasteiger partial charge is 0.481 e. The van der Waals surface area contributed by atoms with Crippen LogP contribution in [0.2, 0.25) is 0 Å². The molecule has 6 heteroatoms. The average molecular weight is 289 g/mol. The van der Waals surface area contributed by atoms with Gasteiger partial charge in [-0.05, 0) is 49.9 Å². The number of carbonyl (C=O) groups is 2. The van der Waals surface area contributed by atoms with Gasteiger partial charge in [0.05, 0.1) is 24.0 Å². The zero-order chi connectivity index (χ0) is 14.9. The smallest absolute Gasteiger partial charge is 0.309 e. The molecule has 1 spiro atoms. The highest BCUT2D eigenvalue weighted by Crippen LogP contribution is 2.58. The van der Waals surface area contributed by atoms with Crippen molar-refractivity contribution in [3.63, 3.8) is 0 Å². The second kappa shape index (κ2) is 5.44. The first-order valence-corrected chi connectivity index (χ1v) is 7.27. The first-order chi connectivity index (χ1) is 10.1. The van der Waals surface area contributed by atoms with Crippen molar-refractivity contribution in [3.8, 4) is 0 Å². The molecule has 1 aliphatic carbocycles. The van der Waals surface area contributed by atoms with E-state index < -0.39 is 5.97 Å². The maximum Gasteiger partial charge on any atom is 0.309 e. The van der Waals surface area contributed by atoms with Gasteiger partial charge in [0.25, 0.3) is 0 Å². The summed E-state index contributed by atoms with van der Waals surface area (Å²) in [7, 11) is 0. The van der Waals surface area contributed by atoms with E-state index in [-0.39, 0.29) is 23.7 Å². The number of pyridine rings is 1. The molecule has 1 saturated heterocycles. The second-order valence-corrected chi connectivity index (χ2v) is 5.97. The molecule has 3 rings (SSSR count). The minimum atomic E-state index is -0.912. The standard InChI is InChI=1S/C15H19N3O3/c19-13(20)7-10-1-2-11(9-17-10)18-14(21)12-8-15(12)3-5-16-6-4-15/h1-2,9,12,16H,3-8H2,(H,18,21)(H,19,20). The van der Waals surface area contributed by atoms with Crippen molar-refractivity contribution in [2.75, 3.05) is 18.4 Å². The van der Waals surface area contributed by atoms with E-state index in [1.54, 1.807) is 12.1 Å². The molecule has 0 aromatic carbocycles. The fourth-order valence-electron chi connectivity index (χ4n) is 3.18. The zero-order valence-electron chi connectivity index (χ0n) is 11.8. The first-order valence-electron chi connectivity index (χ1n) is 7.27. The molecule has 2 fully saturated rings. The molecule has 0 bridgehead atoms. The summed E-state index contributed by atoms with van der Waals surface area (Å²) < 4.78 is 0. The van der Waals surface area contributed by atoms with E-state index in [1.165, 1.54) is 6.20 Å². The molecule has 1 unspecified atom stereocenters. The third kappa shape index (κ3) is 3.05. The van der Waals surface area contributed by atoms with Crippen LogP contribution in [0.15, 0.2) is 18.3 Å². The molecule has 2 aliphatic rings. The van der Waals surface area contributed by atoms with Crippen molar-refractivity contribution >= 4 is 17.6 Å². The van der Waals surface area contributed by atoms with Crippen LogP contribution in [0.3, 0.4) is 0 Å². The number of piperidine rings is 1. The molecular formula is C15H19N3O3. The van der Waals surface area contributed by atoms with Crippen molar-refractivity contribution in [3.05, 3.63) is 24.0 Å². The fourth-order valence-corrected chi connectivity index (χ4v) is 3.18. The number of carboxylic acids is 1. The van der Waals surface area contributed by atoms with Crippen molar-refractivity contribution in [1.29, 1.82) is 0 Å². The number of amides is 1. The number of nitrogens with zero attached hydrogens (tertiary/aromatic N) is 1. The average Bonchev–Trinajstić information content (AvgIpc) is 3.15. The number of carboxylic acid groups (broad SMARTS) is 1. The van der Waals surface area contributed by atoms with Crippen LogP contribution in [-0.2, 0) is 16.0 Å². The summed E-state index contributed by atoms with van der Waals surface area (Å²) in [6.45, 7) is 1.99. The van der Waals surface area contributed by atoms with Crippen LogP contribution in [-0.4, -0.2) is 35.1 Å². The van der Waals surface area contributed by atoms with Gasteiger partial charge in [0, 0.05) is 5.92 Å². The van der Waals surface area contributed by atoms with Gasteiger partial charge < -0.3 is 15.7 Å². The molecule has 21 heavy (non-hydrogen) atoms. The Morgan fingerprint density at radius 2 is 2.14 bits per heavy atom. The Hall–Kier alpha value is -1.95. The summed E-state index contributed by atoms with van der Waals surface area (Å²) in [4.78, 5) is 26.9. The summed E-state index contributed by atoms with van der Waals surface area (Å²) in [5, 5.41) is 14.9. The van der Waals surface area contributed by atoms with Gasteiger partial charge in [0.1, 0.15) is 0 Å². The van der Waals surface area contributed by atoms with Gasteiger partial charge in [-0.2, -0.15) is 0 Å². The molecule has 1 amide bonds. The Labute approximate surface area is 123 Å². The summed E-state index contributed by atoms with van der Waals surface area (Å²) >= 11 is 0. The summed E-state index contributed by atoms with van der Waals surface area (Å²) in [6, 6.07) is 3.34. The Balaban J connectivity index is 1.57. The zero-order valence-corrected chi connectivity index (χ0v) is 11.8. The summed E-state index contributed by atoms with van der Waals surface area (Å²) in [5.41, 5.74) is 1.33.